The van der Waals surface area contributed by atoms with Gasteiger partial charge in [-0.05, 0) is 42.4 Å². The molecule has 3 nitrogen and oxygen atoms in total. The molecule has 0 radical (unpaired) electrons. The van der Waals surface area contributed by atoms with Crippen molar-refractivity contribution in [2.45, 2.75) is 32.2 Å². The van der Waals surface area contributed by atoms with Crippen LogP contribution < -0.4 is 5.73 Å². The second kappa shape index (κ2) is 5.81. The number of aromatic nitrogens is 1. The summed E-state index contributed by atoms with van der Waals surface area (Å²) < 4.78 is 0. The van der Waals surface area contributed by atoms with Crippen LogP contribution in [0.25, 0.3) is 0 Å². The molecule has 3 rings (SSSR count). The Labute approximate surface area is 125 Å². The lowest BCUT2D eigenvalue weighted by Crippen LogP contribution is -2.20. The van der Waals surface area contributed by atoms with Gasteiger partial charge < -0.3 is 16.1 Å². The third-order valence-electron chi connectivity index (χ3n) is 4.08. The second-order valence-electron chi connectivity index (χ2n) is 5.31. The van der Waals surface area contributed by atoms with Crippen molar-refractivity contribution < 1.29 is 0 Å². The molecule has 1 aliphatic rings. The molecule has 0 amide bonds. The van der Waals surface area contributed by atoms with Crippen molar-refractivity contribution in [1.82, 2.24) is 4.98 Å². The van der Waals surface area contributed by atoms with Crippen molar-refractivity contribution in [1.29, 1.82) is 5.41 Å². The molecule has 1 aromatic carbocycles. The minimum absolute atomic E-state index is 0. The summed E-state index contributed by atoms with van der Waals surface area (Å²) in [6.45, 7) is 2.63. The minimum Gasteiger partial charge on any atom is -0.364 e. The van der Waals surface area contributed by atoms with Crippen LogP contribution in [0.2, 0.25) is 0 Å². The lowest BCUT2D eigenvalue weighted by Gasteiger charge is -2.25. The average Bonchev–Trinajstić information content (AvgIpc) is 2.80. The SMILES string of the molecule is Cc1c[nH]c2c1C(=N)CC(c1ccccc1CN)C2.Cl. The number of halogens is 1. The van der Waals surface area contributed by atoms with Gasteiger partial charge in [0.15, 0.2) is 0 Å². The van der Waals surface area contributed by atoms with Gasteiger partial charge in [0.25, 0.3) is 0 Å². The number of aromatic amines is 1. The van der Waals surface area contributed by atoms with E-state index in [1.54, 1.807) is 0 Å². The monoisotopic (exact) mass is 289 g/mol. The zero-order valence-electron chi connectivity index (χ0n) is 11.6. The molecule has 1 atom stereocenters. The van der Waals surface area contributed by atoms with Crippen LogP contribution in [0, 0.1) is 12.3 Å². The molecule has 0 spiro atoms. The lowest BCUT2D eigenvalue weighted by atomic mass is 9.79. The molecule has 0 saturated heterocycles. The molecule has 1 aromatic heterocycles. The fraction of sp³-hybridized carbons (Fsp3) is 0.312. The van der Waals surface area contributed by atoms with Gasteiger partial charge in [-0.15, -0.1) is 12.4 Å². The molecule has 4 N–H and O–H groups in total. The van der Waals surface area contributed by atoms with Gasteiger partial charge in [0.05, 0.1) is 0 Å². The Morgan fingerprint density at radius 3 is 2.80 bits per heavy atom. The van der Waals surface area contributed by atoms with Gasteiger partial charge in [0, 0.05) is 29.7 Å². The molecular formula is C16H20ClN3. The van der Waals surface area contributed by atoms with Crippen LogP contribution in [-0.4, -0.2) is 10.7 Å². The smallest absolute Gasteiger partial charge is 0.0413 e. The van der Waals surface area contributed by atoms with Crippen LogP contribution in [0.1, 0.15) is 40.3 Å². The van der Waals surface area contributed by atoms with Gasteiger partial charge in [-0.1, -0.05) is 24.3 Å². The largest absolute Gasteiger partial charge is 0.364 e. The first-order chi connectivity index (χ1) is 9.20. The van der Waals surface area contributed by atoms with Crippen molar-refractivity contribution in [2.24, 2.45) is 5.73 Å². The van der Waals surface area contributed by atoms with Crippen molar-refractivity contribution in [3.05, 3.63) is 58.4 Å². The second-order valence-corrected chi connectivity index (χ2v) is 5.31. The van der Waals surface area contributed by atoms with Gasteiger partial charge in [-0.25, -0.2) is 0 Å². The van der Waals surface area contributed by atoms with Crippen LogP contribution >= 0.6 is 12.4 Å². The minimum atomic E-state index is 0. The summed E-state index contributed by atoms with van der Waals surface area (Å²) in [5.74, 6) is 0.373. The summed E-state index contributed by atoms with van der Waals surface area (Å²) in [5, 5.41) is 8.28. The maximum atomic E-state index is 8.28. The van der Waals surface area contributed by atoms with E-state index in [1.165, 1.54) is 22.4 Å². The van der Waals surface area contributed by atoms with Gasteiger partial charge in [0.1, 0.15) is 0 Å². The van der Waals surface area contributed by atoms with Gasteiger partial charge in [-0.3, -0.25) is 0 Å². The average molecular weight is 290 g/mol. The van der Waals surface area contributed by atoms with Crippen LogP contribution in [-0.2, 0) is 13.0 Å². The molecule has 4 heteroatoms. The quantitative estimate of drug-likeness (QED) is 0.780. The molecule has 1 heterocycles. The van der Waals surface area contributed by atoms with E-state index >= 15 is 0 Å². The number of rotatable bonds is 2. The molecular weight excluding hydrogens is 270 g/mol. The van der Waals surface area contributed by atoms with Crippen LogP contribution in [0.5, 0.6) is 0 Å². The fourth-order valence-corrected chi connectivity index (χ4v) is 3.16. The van der Waals surface area contributed by atoms with Crippen LogP contribution in [0.15, 0.2) is 30.5 Å². The Hall–Kier alpha value is -1.58. The van der Waals surface area contributed by atoms with Crippen LogP contribution in [0.4, 0.5) is 0 Å². The number of H-pyrrole nitrogens is 1. The van der Waals surface area contributed by atoms with Gasteiger partial charge in [0.2, 0.25) is 0 Å². The van der Waals surface area contributed by atoms with Gasteiger partial charge >= 0.3 is 0 Å². The predicted molar refractivity (Wildman–Crippen MR) is 85.0 cm³/mol. The molecule has 0 fully saturated rings. The Balaban J connectivity index is 0.00000147. The molecule has 0 bridgehead atoms. The molecule has 1 aliphatic carbocycles. The number of aryl methyl sites for hydroxylation is 1. The van der Waals surface area contributed by atoms with Crippen LogP contribution in [0.3, 0.4) is 0 Å². The summed E-state index contributed by atoms with van der Waals surface area (Å²) in [6, 6.07) is 8.34. The summed E-state index contributed by atoms with van der Waals surface area (Å²) in [7, 11) is 0. The highest BCUT2D eigenvalue weighted by atomic mass is 35.5. The highest BCUT2D eigenvalue weighted by Crippen LogP contribution is 2.34. The maximum absolute atomic E-state index is 8.28. The maximum Gasteiger partial charge on any atom is 0.0413 e. The number of benzene rings is 1. The molecule has 0 saturated carbocycles. The highest BCUT2D eigenvalue weighted by Gasteiger charge is 2.27. The number of hydrogen-bond donors (Lipinski definition) is 3. The molecule has 0 aliphatic heterocycles. The van der Waals surface area contributed by atoms with E-state index in [0.717, 1.165) is 24.1 Å². The predicted octanol–water partition coefficient (Wildman–Crippen LogP) is 3.30. The first-order valence-corrected chi connectivity index (χ1v) is 6.73. The first kappa shape index (κ1) is 14.8. The Morgan fingerprint density at radius 2 is 2.05 bits per heavy atom. The fourth-order valence-electron chi connectivity index (χ4n) is 3.16. The van der Waals surface area contributed by atoms with E-state index in [1.807, 2.05) is 12.3 Å². The Morgan fingerprint density at radius 1 is 1.30 bits per heavy atom. The van der Waals surface area contributed by atoms with E-state index in [4.69, 9.17) is 11.1 Å². The van der Waals surface area contributed by atoms with Gasteiger partial charge in [-0.2, -0.15) is 0 Å². The first-order valence-electron chi connectivity index (χ1n) is 6.73. The van der Waals surface area contributed by atoms with E-state index in [0.29, 0.717) is 12.5 Å². The number of fused-ring (bicyclic) bond motifs is 1. The molecule has 2 aromatic rings. The Bertz CT molecular complexity index is 630. The lowest BCUT2D eigenvalue weighted by molar-refractivity contribution is 0.674. The Kier molecular flexibility index (Phi) is 4.31. The topological polar surface area (TPSA) is 65.7 Å². The molecule has 1 unspecified atom stereocenters. The van der Waals surface area contributed by atoms with Crippen molar-refractivity contribution in [2.75, 3.05) is 0 Å². The third-order valence-corrected chi connectivity index (χ3v) is 4.08. The normalized spacial score (nSPS) is 17.5. The number of nitrogens with two attached hydrogens (primary N) is 1. The van der Waals surface area contributed by atoms with Crippen molar-refractivity contribution in [3.8, 4) is 0 Å². The zero-order chi connectivity index (χ0) is 13.4. The summed E-state index contributed by atoms with van der Waals surface area (Å²) in [6.07, 6.45) is 3.79. The molecule has 106 valence electrons. The number of nitrogens with one attached hydrogen (secondary N) is 2. The van der Waals surface area contributed by atoms with E-state index in [-0.39, 0.29) is 12.4 Å². The zero-order valence-corrected chi connectivity index (χ0v) is 12.4. The summed E-state index contributed by atoms with van der Waals surface area (Å²) in [4.78, 5) is 3.32. The highest BCUT2D eigenvalue weighted by molar-refractivity contribution is 6.02. The van der Waals surface area contributed by atoms with E-state index < -0.39 is 0 Å². The van der Waals surface area contributed by atoms with E-state index in [9.17, 15) is 0 Å². The standard InChI is InChI=1S/C16H19N3.ClH/c1-10-9-19-15-7-12(6-14(18)16(10)15)13-5-3-2-4-11(13)8-17;/h2-5,9,12,18-19H,6-8,17H2,1H3;1H. The number of hydrogen-bond acceptors (Lipinski definition) is 2. The summed E-state index contributed by atoms with van der Waals surface area (Å²) in [5.41, 5.74) is 12.6. The van der Waals surface area contributed by atoms with E-state index in [2.05, 4.69) is 30.1 Å². The van der Waals surface area contributed by atoms with Crippen molar-refractivity contribution in [3.63, 3.8) is 0 Å². The van der Waals surface area contributed by atoms with Crippen molar-refractivity contribution >= 4 is 18.1 Å². The third kappa shape index (κ3) is 2.39. The molecule has 20 heavy (non-hydrogen) atoms. The summed E-state index contributed by atoms with van der Waals surface area (Å²) >= 11 is 0.